The Balaban J connectivity index is 2.17. The number of rotatable bonds is 2. The van der Waals surface area contributed by atoms with E-state index < -0.39 is 0 Å². The molecule has 0 bridgehead atoms. The summed E-state index contributed by atoms with van der Waals surface area (Å²) in [5.41, 5.74) is 1.44. The largest absolute Gasteiger partial charge is 0.375 e. The molecule has 2 atom stereocenters. The first-order valence-electron chi connectivity index (χ1n) is 5.86. The van der Waals surface area contributed by atoms with E-state index in [2.05, 4.69) is 26.8 Å². The Hall–Kier alpha value is -0.340. The predicted octanol–water partition coefficient (Wildman–Crippen LogP) is 2.93. The van der Waals surface area contributed by atoms with E-state index in [-0.39, 0.29) is 11.2 Å². The summed E-state index contributed by atoms with van der Waals surface area (Å²) in [7, 11) is 1.79. The molecule has 1 fully saturated rings. The Labute approximate surface area is 92.6 Å². The molecule has 1 heterocycles. The van der Waals surface area contributed by atoms with Crippen LogP contribution >= 0.6 is 0 Å². The van der Waals surface area contributed by atoms with Crippen molar-refractivity contribution in [1.29, 1.82) is 0 Å². The third-order valence-electron chi connectivity index (χ3n) is 4.27. The highest BCUT2D eigenvalue weighted by molar-refractivity contribution is 5.21. The summed E-state index contributed by atoms with van der Waals surface area (Å²) in [4.78, 5) is 0. The second kappa shape index (κ2) is 3.60. The maximum absolute atomic E-state index is 5.85. The van der Waals surface area contributed by atoms with Gasteiger partial charge in [0.1, 0.15) is 0 Å². The number of methoxy groups -OCH3 is 1. The molecular weight excluding hydrogens is 188 g/mol. The van der Waals surface area contributed by atoms with E-state index in [1.54, 1.807) is 7.11 Å². The quantitative estimate of drug-likeness (QED) is 0.652. The minimum absolute atomic E-state index is 0.104. The Morgan fingerprint density at radius 1 is 1.53 bits per heavy atom. The standard InChI is InChI=1S/C13H22O2/c1-12(2,14-4)10-5-7-13(3)11(9-10)6-8-15-13/h5,11H,6-9H2,1-4H3. The lowest BCUT2D eigenvalue weighted by Crippen LogP contribution is -2.38. The van der Waals surface area contributed by atoms with Crippen molar-refractivity contribution in [1.82, 2.24) is 0 Å². The Morgan fingerprint density at radius 3 is 2.93 bits per heavy atom. The van der Waals surface area contributed by atoms with Gasteiger partial charge in [-0.2, -0.15) is 0 Å². The van der Waals surface area contributed by atoms with Crippen molar-refractivity contribution >= 4 is 0 Å². The van der Waals surface area contributed by atoms with Crippen molar-refractivity contribution in [2.75, 3.05) is 13.7 Å². The fourth-order valence-electron chi connectivity index (χ4n) is 2.70. The molecule has 0 aromatic carbocycles. The van der Waals surface area contributed by atoms with E-state index in [9.17, 15) is 0 Å². The number of hydrogen-bond acceptors (Lipinski definition) is 2. The molecule has 0 aromatic heterocycles. The third kappa shape index (κ3) is 1.85. The fraction of sp³-hybridized carbons (Fsp3) is 0.846. The van der Waals surface area contributed by atoms with Gasteiger partial charge in [0.05, 0.1) is 11.2 Å². The minimum Gasteiger partial charge on any atom is -0.375 e. The highest BCUT2D eigenvalue weighted by Crippen LogP contribution is 2.45. The average molecular weight is 210 g/mol. The van der Waals surface area contributed by atoms with E-state index in [4.69, 9.17) is 9.47 Å². The van der Waals surface area contributed by atoms with Gasteiger partial charge in [-0.3, -0.25) is 0 Å². The van der Waals surface area contributed by atoms with Crippen molar-refractivity contribution in [3.05, 3.63) is 11.6 Å². The molecule has 2 heteroatoms. The Bertz CT molecular complexity index is 280. The smallest absolute Gasteiger partial charge is 0.0831 e. The molecule has 2 aliphatic rings. The Kier molecular flexibility index (Phi) is 2.68. The van der Waals surface area contributed by atoms with Crippen molar-refractivity contribution < 1.29 is 9.47 Å². The van der Waals surface area contributed by atoms with E-state index in [1.807, 2.05) is 0 Å². The van der Waals surface area contributed by atoms with Gasteiger partial charge in [-0.05, 0) is 51.5 Å². The monoisotopic (exact) mass is 210 g/mol. The van der Waals surface area contributed by atoms with Gasteiger partial charge >= 0.3 is 0 Å². The molecule has 1 aliphatic carbocycles. The molecule has 0 spiro atoms. The molecule has 1 aliphatic heterocycles. The highest BCUT2D eigenvalue weighted by Gasteiger charge is 2.43. The maximum Gasteiger partial charge on any atom is 0.0831 e. The van der Waals surface area contributed by atoms with Crippen molar-refractivity contribution in [3.63, 3.8) is 0 Å². The van der Waals surface area contributed by atoms with Gasteiger partial charge in [-0.1, -0.05) is 6.08 Å². The first-order valence-corrected chi connectivity index (χ1v) is 5.86. The van der Waals surface area contributed by atoms with Crippen LogP contribution in [0.1, 0.15) is 40.0 Å². The van der Waals surface area contributed by atoms with Crippen molar-refractivity contribution in [2.45, 2.75) is 51.2 Å². The molecule has 15 heavy (non-hydrogen) atoms. The van der Waals surface area contributed by atoms with Crippen LogP contribution in [0, 0.1) is 5.92 Å². The molecule has 86 valence electrons. The lowest BCUT2D eigenvalue weighted by Gasteiger charge is -2.38. The van der Waals surface area contributed by atoms with Gasteiger partial charge in [0, 0.05) is 13.7 Å². The summed E-state index contributed by atoms with van der Waals surface area (Å²) in [6.07, 6.45) is 5.70. The maximum atomic E-state index is 5.85. The first-order chi connectivity index (χ1) is 6.98. The summed E-state index contributed by atoms with van der Waals surface area (Å²) < 4.78 is 11.4. The molecular formula is C13H22O2. The summed E-state index contributed by atoms with van der Waals surface area (Å²) in [6, 6.07) is 0. The third-order valence-corrected chi connectivity index (χ3v) is 4.27. The van der Waals surface area contributed by atoms with E-state index in [0.29, 0.717) is 5.92 Å². The first kappa shape index (κ1) is 11.2. The number of hydrogen-bond donors (Lipinski definition) is 0. The molecule has 0 N–H and O–H groups in total. The summed E-state index contributed by atoms with van der Waals surface area (Å²) >= 11 is 0. The zero-order valence-corrected chi connectivity index (χ0v) is 10.3. The molecule has 2 unspecified atom stereocenters. The summed E-state index contributed by atoms with van der Waals surface area (Å²) in [5.74, 6) is 0.687. The second-order valence-electron chi connectivity index (χ2n) is 5.50. The molecule has 2 rings (SSSR count). The van der Waals surface area contributed by atoms with Crippen LogP contribution in [0.5, 0.6) is 0 Å². The van der Waals surface area contributed by atoms with Crippen molar-refractivity contribution in [2.24, 2.45) is 5.92 Å². The van der Waals surface area contributed by atoms with Crippen LogP contribution in [0.15, 0.2) is 11.6 Å². The number of ether oxygens (including phenoxy) is 2. The molecule has 2 nitrogen and oxygen atoms in total. The van der Waals surface area contributed by atoms with Gasteiger partial charge < -0.3 is 9.47 Å². The average Bonchev–Trinajstić information content (AvgIpc) is 2.58. The molecule has 0 radical (unpaired) electrons. The molecule has 1 saturated heterocycles. The number of fused-ring (bicyclic) bond motifs is 1. The van der Waals surface area contributed by atoms with Crippen LogP contribution < -0.4 is 0 Å². The normalized spacial score (nSPS) is 36.3. The van der Waals surface area contributed by atoms with E-state index in [1.165, 1.54) is 12.0 Å². The zero-order chi connectivity index (χ0) is 11.1. The van der Waals surface area contributed by atoms with Crippen LogP contribution in [0.3, 0.4) is 0 Å². The topological polar surface area (TPSA) is 18.5 Å². The van der Waals surface area contributed by atoms with Gasteiger partial charge in [0.15, 0.2) is 0 Å². The van der Waals surface area contributed by atoms with Crippen LogP contribution in [0.25, 0.3) is 0 Å². The fourth-order valence-corrected chi connectivity index (χ4v) is 2.70. The van der Waals surface area contributed by atoms with Crippen LogP contribution in [0.4, 0.5) is 0 Å². The molecule has 0 aromatic rings. The van der Waals surface area contributed by atoms with Crippen LogP contribution in [0.2, 0.25) is 0 Å². The molecule has 0 saturated carbocycles. The van der Waals surface area contributed by atoms with E-state index >= 15 is 0 Å². The minimum atomic E-state index is -0.107. The summed E-state index contributed by atoms with van der Waals surface area (Å²) in [5, 5.41) is 0. The predicted molar refractivity (Wildman–Crippen MR) is 60.9 cm³/mol. The SMILES string of the molecule is COC(C)(C)C1=CCC2(C)OCCC2C1. The lowest BCUT2D eigenvalue weighted by atomic mass is 9.73. The van der Waals surface area contributed by atoms with E-state index in [0.717, 1.165) is 19.4 Å². The van der Waals surface area contributed by atoms with Crippen LogP contribution in [-0.2, 0) is 9.47 Å². The lowest BCUT2D eigenvalue weighted by molar-refractivity contribution is -0.0153. The highest BCUT2D eigenvalue weighted by atomic mass is 16.5. The van der Waals surface area contributed by atoms with Crippen molar-refractivity contribution in [3.8, 4) is 0 Å². The van der Waals surface area contributed by atoms with Gasteiger partial charge in [0.2, 0.25) is 0 Å². The zero-order valence-electron chi connectivity index (χ0n) is 10.3. The summed E-state index contributed by atoms with van der Waals surface area (Å²) in [6.45, 7) is 7.47. The van der Waals surface area contributed by atoms with Crippen LogP contribution in [-0.4, -0.2) is 24.9 Å². The van der Waals surface area contributed by atoms with Gasteiger partial charge in [-0.15, -0.1) is 0 Å². The Morgan fingerprint density at radius 2 is 2.27 bits per heavy atom. The second-order valence-corrected chi connectivity index (χ2v) is 5.50. The molecule has 0 amide bonds. The van der Waals surface area contributed by atoms with Gasteiger partial charge in [-0.25, -0.2) is 0 Å². The van der Waals surface area contributed by atoms with Gasteiger partial charge in [0.25, 0.3) is 0 Å².